The number of nitrogens with one attached hydrogen (secondary N) is 1. The first-order valence-corrected chi connectivity index (χ1v) is 13.9. The van der Waals surface area contributed by atoms with Gasteiger partial charge in [-0.1, -0.05) is 94.7 Å². The van der Waals surface area contributed by atoms with Gasteiger partial charge < -0.3 is 10.3 Å². The molecular weight excluding hydrogens is 481 g/mol. The van der Waals surface area contributed by atoms with Crippen molar-refractivity contribution < 1.29 is 18.2 Å². The van der Waals surface area contributed by atoms with Gasteiger partial charge in [0, 0.05) is 22.1 Å². The fourth-order valence-electron chi connectivity index (χ4n) is 4.27. The van der Waals surface area contributed by atoms with Crippen LogP contribution in [0.4, 0.5) is 13.2 Å². The molecule has 1 heterocycles. The van der Waals surface area contributed by atoms with Crippen molar-refractivity contribution >= 4 is 11.3 Å². The van der Waals surface area contributed by atoms with Gasteiger partial charge in [0.2, 0.25) is 0 Å². The Hall–Kier alpha value is -2.22. The van der Waals surface area contributed by atoms with Gasteiger partial charge in [-0.3, -0.25) is 0 Å². The van der Waals surface area contributed by atoms with Gasteiger partial charge in [0.25, 0.3) is 0 Å². The van der Waals surface area contributed by atoms with Crippen molar-refractivity contribution in [3.05, 3.63) is 81.5 Å². The molecule has 0 fully saturated rings. The summed E-state index contributed by atoms with van der Waals surface area (Å²) in [5.74, 6) is 0. The fourth-order valence-corrected chi connectivity index (χ4v) is 5.13. The Bertz CT molecular complexity index is 1020. The van der Waals surface area contributed by atoms with Crippen LogP contribution < -0.4 is 5.06 Å². The zero-order valence-corrected chi connectivity index (χ0v) is 21.9. The number of aryl methyl sites for hydroxylation is 1. The van der Waals surface area contributed by atoms with Crippen LogP contribution in [0.25, 0.3) is 10.6 Å². The average molecular weight is 519 g/mol. The van der Waals surface area contributed by atoms with E-state index in [2.05, 4.69) is 12.3 Å². The van der Waals surface area contributed by atoms with E-state index in [1.807, 2.05) is 24.3 Å². The molecule has 1 aromatic heterocycles. The van der Waals surface area contributed by atoms with E-state index in [0.717, 1.165) is 40.4 Å². The minimum atomic E-state index is -4.37. The summed E-state index contributed by atoms with van der Waals surface area (Å²) < 4.78 is 38.1. The molecule has 1 N–H and O–H groups in total. The quantitative estimate of drug-likeness (QED) is 0.164. The van der Waals surface area contributed by atoms with Gasteiger partial charge in [0.05, 0.1) is 11.3 Å². The predicted molar refractivity (Wildman–Crippen MR) is 142 cm³/mol. The number of thiazole rings is 1. The monoisotopic (exact) mass is 518 g/mol. The van der Waals surface area contributed by atoms with Crippen LogP contribution in [-0.4, -0.2) is 4.98 Å². The second-order valence-electron chi connectivity index (χ2n) is 9.51. The van der Waals surface area contributed by atoms with Crippen molar-refractivity contribution in [2.45, 2.75) is 90.4 Å². The van der Waals surface area contributed by atoms with Gasteiger partial charge in [0.15, 0.2) is 0 Å². The summed E-state index contributed by atoms with van der Waals surface area (Å²) in [6, 6.07) is 12.6. The molecule has 7 heteroatoms. The number of hydrogen-bond acceptors (Lipinski definition) is 3. The molecule has 0 saturated carbocycles. The smallest absolute Gasteiger partial charge is 0.416 e. The summed E-state index contributed by atoms with van der Waals surface area (Å²) in [7, 11) is 0. The lowest BCUT2D eigenvalue weighted by Gasteiger charge is -2.22. The molecular formula is C29H37F3N2OS. The van der Waals surface area contributed by atoms with Gasteiger partial charge in [-0.2, -0.15) is 13.2 Å². The maximum absolute atomic E-state index is 12.7. The number of benzene rings is 2. The highest BCUT2D eigenvalue weighted by atomic mass is 32.1. The standard InChI is InChI=1S/C29H37F3N2OS/c1-2-3-4-5-6-7-8-9-10-11-27-22-36-28(33-27)25-16-12-23(13-17-25)20-34(35)21-24-14-18-26(19-15-24)29(30,31)32/h12-19,22,34H,2-11,20-21H2,1H3. The van der Waals surface area contributed by atoms with E-state index < -0.39 is 11.7 Å². The molecule has 196 valence electrons. The zero-order valence-electron chi connectivity index (χ0n) is 21.1. The third-order valence-corrected chi connectivity index (χ3v) is 7.31. The topological polar surface area (TPSA) is 40.4 Å². The van der Waals surface area contributed by atoms with Crippen LogP contribution >= 0.6 is 11.3 Å². The molecule has 0 aliphatic heterocycles. The summed E-state index contributed by atoms with van der Waals surface area (Å²) in [5, 5.41) is 15.5. The Balaban J connectivity index is 1.39. The Morgan fingerprint density at radius 1 is 0.778 bits per heavy atom. The maximum Gasteiger partial charge on any atom is 0.416 e. The van der Waals surface area contributed by atoms with Crippen LogP contribution in [0, 0.1) is 5.21 Å². The third-order valence-electron chi connectivity index (χ3n) is 6.37. The number of hydrogen-bond donors (Lipinski definition) is 1. The van der Waals surface area contributed by atoms with Crippen LogP contribution in [0.2, 0.25) is 0 Å². The van der Waals surface area contributed by atoms with Crippen LogP contribution in [0.1, 0.15) is 87.1 Å². The number of halogens is 3. The highest BCUT2D eigenvalue weighted by Crippen LogP contribution is 2.29. The van der Waals surface area contributed by atoms with Crippen LogP contribution in [0.3, 0.4) is 0 Å². The molecule has 3 rings (SSSR count). The second-order valence-corrected chi connectivity index (χ2v) is 10.4. The predicted octanol–water partition coefficient (Wildman–Crippen LogP) is 7.99. The highest BCUT2D eigenvalue weighted by molar-refractivity contribution is 7.13. The number of nitrogens with zero attached hydrogens (tertiary/aromatic N) is 1. The molecule has 0 spiro atoms. The third kappa shape index (κ3) is 9.68. The molecule has 0 bridgehead atoms. The zero-order chi connectivity index (χ0) is 25.8. The van der Waals surface area contributed by atoms with Crippen molar-refractivity contribution in [2.75, 3.05) is 0 Å². The number of alkyl halides is 3. The van der Waals surface area contributed by atoms with E-state index in [4.69, 9.17) is 4.98 Å². The van der Waals surface area contributed by atoms with E-state index in [0.29, 0.717) is 5.56 Å². The molecule has 0 aliphatic rings. The first-order valence-electron chi connectivity index (χ1n) is 13.1. The minimum Gasteiger partial charge on any atom is -0.634 e. The number of hydroxylamine groups is 2. The van der Waals surface area contributed by atoms with Gasteiger partial charge >= 0.3 is 6.18 Å². The van der Waals surface area contributed by atoms with Crippen molar-refractivity contribution in [3.63, 3.8) is 0 Å². The summed E-state index contributed by atoms with van der Waals surface area (Å²) >= 11 is 1.65. The van der Waals surface area contributed by atoms with Crippen LogP contribution in [-0.2, 0) is 25.7 Å². The average Bonchev–Trinajstić information content (AvgIpc) is 3.32. The Morgan fingerprint density at radius 3 is 1.86 bits per heavy atom. The van der Waals surface area contributed by atoms with Crippen molar-refractivity contribution in [1.82, 2.24) is 4.98 Å². The molecule has 0 radical (unpaired) electrons. The van der Waals surface area contributed by atoms with E-state index in [-0.39, 0.29) is 18.2 Å². The lowest BCUT2D eigenvalue weighted by molar-refractivity contribution is -0.876. The van der Waals surface area contributed by atoms with E-state index >= 15 is 0 Å². The van der Waals surface area contributed by atoms with Crippen LogP contribution in [0.15, 0.2) is 53.9 Å². The molecule has 1 unspecified atom stereocenters. The summed E-state index contributed by atoms with van der Waals surface area (Å²) in [6.07, 6.45) is 8.50. The van der Waals surface area contributed by atoms with Crippen molar-refractivity contribution in [3.8, 4) is 10.6 Å². The summed E-state index contributed by atoms with van der Waals surface area (Å²) in [5.41, 5.74) is 2.97. The number of quaternary nitrogens is 1. The van der Waals surface area contributed by atoms with Gasteiger partial charge in [0.1, 0.15) is 18.1 Å². The normalized spacial score (nSPS) is 12.7. The Kier molecular flexibility index (Phi) is 11.4. The SMILES string of the molecule is CCCCCCCCCCCc1csc(-c2ccc(C[NH+]([O-])Cc3ccc(C(F)(F)F)cc3)cc2)n1. The summed E-state index contributed by atoms with van der Waals surface area (Å²) in [6.45, 7) is 2.62. The van der Waals surface area contributed by atoms with Crippen molar-refractivity contribution in [1.29, 1.82) is 0 Å². The molecule has 1 atom stereocenters. The first-order chi connectivity index (χ1) is 17.3. The molecule has 2 aromatic carbocycles. The lowest BCUT2D eigenvalue weighted by atomic mass is 10.1. The van der Waals surface area contributed by atoms with E-state index in [1.54, 1.807) is 11.3 Å². The number of rotatable bonds is 15. The summed E-state index contributed by atoms with van der Waals surface area (Å²) in [4.78, 5) is 4.79. The molecule has 36 heavy (non-hydrogen) atoms. The van der Waals surface area contributed by atoms with Gasteiger partial charge in [-0.15, -0.1) is 11.3 Å². The highest BCUT2D eigenvalue weighted by Gasteiger charge is 2.30. The van der Waals surface area contributed by atoms with Crippen LogP contribution in [0.5, 0.6) is 0 Å². The second kappa shape index (κ2) is 14.5. The first kappa shape index (κ1) is 28.4. The lowest BCUT2D eigenvalue weighted by Crippen LogP contribution is -3.04. The maximum atomic E-state index is 12.7. The molecule has 0 aliphatic carbocycles. The van der Waals surface area contributed by atoms with Crippen molar-refractivity contribution in [2.24, 2.45) is 0 Å². The number of aromatic nitrogens is 1. The molecule has 3 nitrogen and oxygen atoms in total. The van der Waals surface area contributed by atoms with E-state index in [9.17, 15) is 18.4 Å². The number of unbranched alkanes of at least 4 members (excludes halogenated alkanes) is 8. The van der Waals surface area contributed by atoms with Gasteiger partial charge in [-0.05, 0) is 25.0 Å². The van der Waals surface area contributed by atoms with Gasteiger partial charge in [-0.25, -0.2) is 4.98 Å². The molecule has 0 saturated heterocycles. The minimum absolute atomic E-state index is 0.0278. The van der Waals surface area contributed by atoms with E-state index in [1.165, 1.54) is 69.9 Å². The molecule has 0 amide bonds. The molecule has 3 aromatic rings. The largest absolute Gasteiger partial charge is 0.634 e. The Morgan fingerprint density at radius 2 is 1.31 bits per heavy atom. The fraction of sp³-hybridized carbons (Fsp3) is 0.483. The Labute approximate surface area is 217 Å².